The van der Waals surface area contributed by atoms with Crippen LogP contribution in [0.1, 0.15) is 5.56 Å². The van der Waals surface area contributed by atoms with E-state index in [-0.39, 0.29) is 23.6 Å². The van der Waals surface area contributed by atoms with Crippen molar-refractivity contribution in [1.29, 1.82) is 0 Å². The standard InChI is InChI=1S/C23H20N6O5S2/c30-17(11-14-7-3-1-4-8-14)24-18-20(31)28-19(22(32)33)15(13-36(34)21(18)28)12-35-23-25-26-27-29(23)16-9-5-2-6-10-16/h1-10,18,21H,11-13H2,(H,24,30)(H,32,33)/t18?,21-,36?/m0/s1. The second-order valence-corrected chi connectivity index (χ2v) is 10.6. The van der Waals surface area contributed by atoms with Gasteiger partial charge in [0.1, 0.15) is 11.4 Å². The van der Waals surface area contributed by atoms with Gasteiger partial charge in [-0.1, -0.05) is 60.3 Å². The Balaban J connectivity index is 1.31. The summed E-state index contributed by atoms with van der Waals surface area (Å²) in [5.74, 6) is -2.20. The van der Waals surface area contributed by atoms with E-state index in [0.29, 0.717) is 10.7 Å². The average Bonchev–Trinajstić information content (AvgIpc) is 3.35. The molecule has 2 N–H and O–H groups in total. The number of aliphatic carboxylic acids is 1. The summed E-state index contributed by atoms with van der Waals surface area (Å²) in [5.41, 5.74) is 1.64. The third kappa shape index (κ3) is 4.59. The fourth-order valence-electron chi connectivity index (χ4n) is 4.12. The first-order valence-corrected chi connectivity index (χ1v) is 13.3. The van der Waals surface area contributed by atoms with Gasteiger partial charge in [-0.05, 0) is 39.3 Å². The Hall–Kier alpha value is -3.68. The molecule has 3 heterocycles. The van der Waals surface area contributed by atoms with Gasteiger partial charge >= 0.3 is 5.97 Å². The van der Waals surface area contributed by atoms with Crippen LogP contribution in [0.2, 0.25) is 0 Å². The molecule has 2 unspecified atom stereocenters. The molecule has 0 saturated carbocycles. The Kier molecular flexibility index (Phi) is 6.76. The molecule has 0 bridgehead atoms. The SMILES string of the molecule is O=C(Cc1ccccc1)NC1C(=O)N2C(C(=O)O)=C(CSc3nnnn3-c3ccccc3)C[S+]([O-])[C@@H]12. The minimum atomic E-state index is -1.60. The van der Waals surface area contributed by atoms with Crippen molar-refractivity contribution in [2.45, 2.75) is 23.0 Å². The number of fused-ring (bicyclic) bond motifs is 1. The maximum atomic E-state index is 13.1. The highest BCUT2D eigenvalue weighted by Crippen LogP contribution is 2.38. The number of nitrogens with one attached hydrogen (secondary N) is 1. The summed E-state index contributed by atoms with van der Waals surface area (Å²) in [6.45, 7) is 0. The van der Waals surface area contributed by atoms with Crippen LogP contribution in [0.25, 0.3) is 5.69 Å². The first-order chi connectivity index (χ1) is 17.4. The monoisotopic (exact) mass is 524 g/mol. The molecule has 0 radical (unpaired) electrons. The first-order valence-electron chi connectivity index (χ1n) is 10.9. The van der Waals surface area contributed by atoms with Gasteiger partial charge in [-0.3, -0.25) is 14.5 Å². The van der Waals surface area contributed by atoms with E-state index in [1.54, 1.807) is 24.3 Å². The summed E-state index contributed by atoms with van der Waals surface area (Å²) in [6.07, 6.45) is 0.0592. The van der Waals surface area contributed by atoms with E-state index in [1.807, 2.05) is 36.4 Å². The van der Waals surface area contributed by atoms with E-state index < -0.39 is 40.4 Å². The average molecular weight is 525 g/mol. The highest BCUT2D eigenvalue weighted by Gasteiger charge is 2.60. The Morgan fingerprint density at radius 2 is 1.83 bits per heavy atom. The summed E-state index contributed by atoms with van der Waals surface area (Å²) in [6, 6.07) is 17.2. The second-order valence-electron chi connectivity index (χ2n) is 8.09. The normalized spacial score (nSPS) is 21.1. The van der Waals surface area contributed by atoms with Gasteiger partial charge in [-0.25, -0.2) is 4.79 Å². The lowest BCUT2D eigenvalue weighted by molar-refractivity contribution is -0.151. The number of β-lactam (4-membered cyclic amide) rings is 1. The van der Waals surface area contributed by atoms with Crippen LogP contribution in [-0.4, -0.2) is 75.5 Å². The summed E-state index contributed by atoms with van der Waals surface area (Å²) < 4.78 is 14.6. The summed E-state index contributed by atoms with van der Waals surface area (Å²) >= 11 is -0.418. The number of benzene rings is 2. The van der Waals surface area contributed by atoms with Crippen LogP contribution in [-0.2, 0) is 32.0 Å². The van der Waals surface area contributed by atoms with Gasteiger partial charge in [0.05, 0.1) is 12.1 Å². The zero-order valence-electron chi connectivity index (χ0n) is 18.7. The van der Waals surface area contributed by atoms with Gasteiger partial charge in [-0.15, -0.1) is 5.10 Å². The smallest absolute Gasteiger partial charge is 0.352 e. The maximum absolute atomic E-state index is 13.1. The number of carbonyl (C=O) groups is 3. The van der Waals surface area contributed by atoms with Gasteiger partial charge < -0.3 is 15.0 Å². The molecular formula is C23H20N6O5S2. The van der Waals surface area contributed by atoms with E-state index in [9.17, 15) is 24.0 Å². The van der Waals surface area contributed by atoms with Crippen LogP contribution in [0.4, 0.5) is 0 Å². The molecule has 0 spiro atoms. The molecule has 5 rings (SSSR count). The minimum Gasteiger partial charge on any atom is -0.614 e. The van der Waals surface area contributed by atoms with Gasteiger partial charge in [0, 0.05) is 11.3 Å². The third-order valence-electron chi connectivity index (χ3n) is 5.75. The molecule has 2 amide bonds. The van der Waals surface area contributed by atoms with Crippen LogP contribution >= 0.6 is 11.8 Å². The number of rotatable bonds is 8. The molecule has 2 aliphatic heterocycles. The number of amides is 2. The first kappa shape index (κ1) is 24.0. The Labute approximate surface area is 212 Å². The number of carboxylic acids is 1. The number of hydrogen-bond donors (Lipinski definition) is 2. The van der Waals surface area contributed by atoms with E-state index in [1.165, 1.54) is 16.4 Å². The summed E-state index contributed by atoms with van der Waals surface area (Å²) in [7, 11) is 0. The Morgan fingerprint density at radius 3 is 2.53 bits per heavy atom. The van der Waals surface area contributed by atoms with E-state index in [0.717, 1.165) is 16.2 Å². The van der Waals surface area contributed by atoms with Crippen LogP contribution in [0.15, 0.2) is 77.1 Å². The molecule has 36 heavy (non-hydrogen) atoms. The number of carbonyl (C=O) groups excluding carboxylic acids is 2. The molecule has 184 valence electrons. The van der Waals surface area contributed by atoms with Gasteiger partial charge in [0.2, 0.25) is 16.4 Å². The predicted molar refractivity (Wildman–Crippen MR) is 130 cm³/mol. The van der Waals surface area contributed by atoms with Gasteiger partial charge in [0.25, 0.3) is 5.91 Å². The fraction of sp³-hybridized carbons (Fsp3) is 0.217. The lowest BCUT2D eigenvalue weighted by Crippen LogP contribution is -2.75. The highest BCUT2D eigenvalue weighted by atomic mass is 32.2. The van der Waals surface area contributed by atoms with Crippen molar-refractivity contribution >= 4 is 40.7 Å². The number of hydrogen-bond acceptors (Lipinski definition) is 8. The number of aromatic nitrogens is 4. The molecule has 2 aliphatic rings. The zero-order valence-corrected chi connectivity index (χ0v) is 20.3. The van der Waals surface area contributed by atoms with E-state index >= 15 is 0 Å². The minimum absolute atomic E-state index is 0.0406. The Bertz CT molecular complexity index is 1330. The molecule has 11 nitrogen and oxygen atoms in total. The molecule has 1 saturated heterocycles. The van der Waals surface area contributed by atoms with Crippen LogP contribution in [0.5, 0.6) is 0 Å². The van der Waals surface area contributed by atoms with Gasteiger partial charge in [-0.2, -0.15) is 4.68 Å². The molecule has 2 aromatic carbocycles. The number of tetrazole rings is 1. The number of para-hydroxylation sites is 1. The molecule has 13 heteroatoms. The number of carboxylic acid groups (broad SMARTS) is 1. The lowest BCUT2D eigenvalue weighted by atomic mass is 10.0. The number of nitrogens with zero attached hydrogens (tertiary/aromatic N) is 5. The molecule has 3 aromatic rings. The largest absolute Gasteiger partial charge is 0.614 e. The second kappa shape index (κ2) is 10.1. The van der Waals surface area contributed by atoms with E-state index in [2.05, 4.69) is 20.8 Å². The topological polar surface area (TPSA) is 153 Å². The van der Waals surface area contributed by atoms with Crippen molar-refractivity contribution in [2.24, 2.45) is 0 Å². The van der Waals surface area contributed by atoms with Crippen molar-refractivity contribution < 1.29 is 24.0 Å². The quantitative estimate of drug-likeness (QED) is 0.247. The van der Waals surface area contributed by atoms with Crippen molar-refractivity contribution in [3.05, 3.63) is 77.5 Å². The third-order valence-corrected chi connectivity index (χ3v) is 8.41. The van der Waals surface area contributed by atoms with Crippen LogP contribution < -0.4 is 5.32 Å². The highest BCUT2D eigenvalue weighted by molar-refractivity contribution is 7.99. The lowest BCUT2D eigenvalue weighted by Gasteiger charge is -2.49. The molecule has 3 atom stereocenters. The zero-order chi connectivity index (χ0) is 25.2. The summed E-state index contributed by atoms with van der Waals surface area (Å²) in [5, 5.41) is 23.7. The fourth-order valence-corrected chi connectivity index (χ4v) is 6.84. The summed E-state index contributed by atoms with van der Waals surface area (Å²) in [4.78, 5) is 38.5. The molecule has 1 aromatic heterocycles. The maximum Gasteiger partial charge on any atom is 0.352 e. The molecular weight excluding hydrogens is 504 g/mol. The van der Waals surface area contributed by atoms with Crippen molar-refractivity contribution in [3.8, 4) is 5.69 Å². The van der Waals surface area contributed by atoms with E-state index in [4.69, 9.17) is 0 Å². The van der Waals surface area contributed by atoms with Crippen molar-refractivity contribution in [2.75, 3.05) is 11.5 Å². The molecule has 0 aliphatic carbocycles. The van der Waals surface area contributed by atoms with Crippen molar-refractivity contribution in [3.63, 3.8) is 0 Å². The van der Waals surface area contributed by atoms with Crippen LogP contribution in [0, 0.1) is 0 Å². The predicted octanol–water partition coefficient (Wildman–Crippen LogP) is 0.751. The molecule has 1 fully saturated rings. The Morgan fingerprint density at radius 1 is 1.14 bits per heavy atom. The van der Waals surface area contributed by atoms with Crippen LogP contribution in [0.3, 0.4) is 0 Å². The number of thioether (sulfide) groups is 1. The van der Waals surface area contributed by atoms with Crippen molar-refractivity contribution in [1.82, 2.24) is 30.4 Å². The van der Waals surface area contributed by atoms with Gasteiger partial charge in [0.15, 0.2) is 6.04 Å².